The second-order valence-corrected chi connectivity index (χ2v) is 4.89. The Kier molecular flexibility index (Phi) is 4.96. The molecule has 20 heavy (non-hydrogen) atoms. The third-order valence-electron chi connectivity index (χ3n) is 3.07. The first-order valence-electron chi connectivity index (χ1n) is 6.62. The van der Waals surface area contributed by atoms with Crippen molar-refractivity contribution >= 4 is 11.4 Å². The van der Waals surface area contributed by atoms with Crippen molar-refractivity contribution in [3.05, 3.63) is 53.9 Å². The van der Waals surface area contributed by atoms with Crippen LogP contribution in [0.3, 0.4) is 0 Å². The third-order valence-corrected chi connectivity index (χ3v) is 3.07. The van der Waals surface area contributed by atoms with Crippen molar-refractivity contribution in [1.82, 2.24) is 4.98 Å². The fourth-order valence-electron chi connectivity index (χ4n) is 2.11. The lowest BCUT2D eigenvalue weighted by Gasteiger charge is -2.18. The van der Waals surface area contributed by atoms with Gasteiger partial charge in [-0.05, 0) is 17.2 Å². The van der Waals surface area contributed by atoms with Crippen LogP contribution >= 0.6 is 0 Å². The third kappa shape index (κ3) is 3.71. The van der Waals surface area contributed by atoms with E-state index in [0.717, 1.165) is 17.9 Å². The zero-order valence-corrected chi connectivity index (χ0v) is 12.3. The molecule has 1 heterocycles. The molecule has 0 aliphatic heterocycles. The maximum absolute atomic E-state index is 5.16. The van der Waals surface area contributed by atoms with Crippen molar-refractivity contribution in [3.63, 3.8) is 0 Å². The van der Waals surface area contributed by atoms with E-state index in [2.05, 4.69) is 39.5 Å². The minimum absolute atomic E-state index is 0.643. The summed E-state index contributed by atoms with van der Waals surface area (Å²) < 4.78 is 5.16. The van der Waals surface area contributed by atoms with Gasteiger partial charge in [-0.15, -0.1) is 0 Å². The molecule has 0 atom stereocenters. The van der Waals surface area contributed by atoms with Gasteiger partial charge in [-0.25, -0.2) is 0 Å². The summed E-state index contributed by atoms with van der Waals surface area (Å²) >= 11 is 0. The fraction of sp³-hybridized carbons (Fsp3) is 0.312. The quantitative estimate of drug-likeness (QED) is 0.876. The number of hydrogen-bond acceptors (Lipinski definition) is 4. The van der Waals surface area contributed by atoms with Crippen LogP contribution in [-0.2, 0) is 17.9 Å². The average Bonchev–Trinajstić information content (AvgIpc) is 2.46. The highest BCUT2D eigenvalue weighted by Gasteiger charge is 2.04. The smallest absolute Gasteiger partial charge is 0.0766 e. The Labute approximate surface area is 120 Å². The highest BCUT2D eigenvalue weighted by Crippen LogP contribution is 2.22. The molecule has 2 aromatic rings. The van der Waals surface area contributed by atoms with Crippen LogP contribution in [0.15, 0.2) is 42.7 Å². The van der Waals surface area contributed by atoms with Crippen molar-refractivity contribution in [2.24, 2.45) is 0 Å². The Bertz CT molecular complexity index is 555. The Morgan fingerprint density at radius 2 is 2.00 bits per heavy atom. The Hall–Kier alpha value is -2.07. The second-order valence-electron chi connectivity index (χ2n) is 4.89. The standard InChI is InChI=1S/C16H21N3O/c1-19(2)16-7-8-17-11-15(16)18-10-13-5-4-6-14(9-13)12-20-3/h4-9,11,18H,10,12H2,1-3H3. The van der Waals surface area contributed by atoms with E-state index in [0.29, 0.717) is 6.61 Å². The fourth-order valence-corrected chi connectivity index (χ4v) is 2.11. The number of aromatic nitrogens is 1. The van der Waals surface area contributed by atoms with Gasteiger partial charge in [0.05, 0.1) is 24.2 Å². The summed E-state index contributed by atoms with van der Waals surface area (Å²) in [6.45, 7) is 1.41. The first-order valence-corrected chi connectivity index (χ1v) is 6.62. The molecule has 4 heteroatoms. The normalized spacial score (nSPS) is 10.3. The molecule has 0 amide bonds. The molecule has 0 fully saturated rings. The molecule has 0 unspecified atom stereocenters. The summed E-state index contributed by atoms with van der Waals surface area (Å²) in [6, 6.07) is 10.4. The van der Waals surface area contributed by atoms with Crippen molar-refractivity contribution in [2.45, 2.75) is 13.2 Å². The largest absolute Gasteiger partial charge is 0.380 e. The van der Waals surface area contributed by atoms with Crippen LogP contribution in [0.25, 0.3) is 0 Å². The maximum Gasteiger partial charge on any atom is 0.0766 e. The van der Waals surface area contributed by atoms with Crippen LogP contribution in [0.2, 0.25) is 0 Å². The van der Waals surface area contributed by atoms with Gasteiger partial charge in [0.25, 0.3) is 0 Å². The summed E-state index contributed by atoms with van der Waals surface area (Å²) in [5.41, 5.74) is 4.58. The summed E-state index contributed by atoms with van der Waals surface area (Å²) in [5.74, 6) is 0. The number of hydrogen-bond donors (Lipinski definition) is 1. The molecular formula is C16H21N3O. The van der Waals surface area contributed by atoms with Crippen LogP contribution in [0, 0.1) is 0 Å². The van der Waals surface area contributed by atoms with E-state index in [1.807, 2.05) is 26.4 Å². The van der Waals surface area contributed by atoms with E-state index in [4.69, 9.17) is 4.74 Å². The zero-order valence-electron chi connectivity index (χ0n) is 12.3. The molecule has 0 aliphatic carbocycles. The van der Waals surface area contributed by atoms with Gasteiger partial charge < -0.3 is 15.0 Å². The number of rotatable bonds is 6. The topological polar surface area (TPSA) is 37.4 Å². The van der Waals surface area contributed by atoms with E-state index >= 15 is 0 Å². The van der Waals surface area contributed by atoms with E-state index in [-0.39, 0.29) is 0 Å². The molecular weight excluding hydrogens is 250 g/mol. The first-order chi connectivity index (χ1) is 9.70. The van der Waals surface area contributed by atoms with Gasteiger partial charge in [-0.2, -0.15) is 0 Å². The number of anilines is 2. The summed E-state index contributed by atoms with van der Waals surface area (Å²) in [4.78, 5) is 6.25. The van der Waals surface area contributed by atoms with Gasteiger partial charge in [0.15, 0.2) is 0 Å². The van der Waals surface area contributed by atoms with Crippen LogP contribution in [0.1, 0.15) is 11.1 Å². The number of ether oxygens (including phenoxy) is 1. The molecule has 106 valence electrons. The molecule has 0 saturated heterocycles. The lowest BCUT2D eigenvalue weighted by molar-refractivity contribution is 0.185. The van der Waals surface area contributed by atoms with Gasteiger partial charge >= 0.3 is 0 Å². The van der Waals surface area contributed by atoms with Gasteiger partial charge in [0.1, 0.15) is 0 Å². The average molecular weight is 271 g/mol. The molecule has 0 radical (unpaired) electrons. The first kappa shape index (κ1) is 14.3. The monoisotopic (exact) mass is 271 g/mol. The molecule has 4 nitrogen and oxygen atoms in total. The number of methoxy groups -OCH3 is 1. The zero-order chi connectivity index (χ0) is 14.4. The SMILES string of the molecule is COCc1cccc(CNc2cnccc2N(C)C)c1. The molecule has 1 N–H and O–H groups in total. The Morgan fingerprint density at radius 1 is 1.20 bits per heavy atom. The number of nitrogens with one attached hydrogen (secondary N) is 1. The Balaban J connectivity index is 2.07. The van der Waals surface area contributed by atoms with Gasteiger partial charge in [-0.3, -0.25) is 4.98 Å². The van der Waals surface area contributed by atoms with E-state index < -0.39 is 0 Å². The van der Waals surface area contributed by atoms with Crippen molar-refractivity contribution < 1.29 is 4.74 Å². The highest BCUT2D eigenvalue weighted by molar-refractivity contribution is 5.68. The molecule has 1 aromatic heterocycles. The lowest BCUT2D eigenvalue weighted by atomic mass is 10.1. The molecule has 0 bridgehead atoms. The number of nitrogens with zero attached hydrogens (tertiary/aromatic N) is 2. The number of benzene rings is 1. The van der Waals surface area contributed by atoms with Crippen molar-refractivity contribution in [3.8, 4) is 0 Å². The summed E-state index contributed by atoms with van der Waals surface area (Å²) in [7, 11) is 5.77. The van der Waals surface area contributed by atoms with Gasteiger partial charge in [-0.1, -0.05) is 24.3 Å². The predicted octanol–water partition coefficient (Wildman–Crippen LogP) is 2.91. The van der Waals surface area contributed by atoms with E-state index in [9.17, 15) is 0 Å². The minimum atomic E-state index is 0.643. The van der Waals surface area contributed by atoms with E-state index in [1.165, 1.54) is 11.1 Å². The van der Waals surface area contributed by atoms with Gasteiger partial charge in [0.2, 0.25) is 0 Å². The number of pyridine rings is 1. The molecule has 0 aliphatic rings. The molecule has 1 aromatic carbocycles. The van der Waals surface area contributed by atoms with Crippen LogP contribution in [0.5, 0.6) is 0 Å². The second kappa shape index (κ2) is 6.91. The van der Waals surface area contributed by atoms with Crippen molar-refractivity contribution in [1.29, 1.82) is 0 Å². The van der Waals surface area contributed by atoms with E-state index in [1.54, 1.807) is 13.3 Å². The predicted molar refractivity (Wildman–Crippen MR) is 83.0 cm³/mol. The minimum Gasteiger partial charge on any atom is -0.380 e. The molecule has 2 rings (SSSR count). The Morgan fingerprint density at radius 3 is 2.75 bits per heavy atom. The van der Waals surface area contributed by atoms with Crippen molar-refractivity contribution in [2.75, 3.05) is 31.4 Å². The highest BCUT2D eigenvalue weighted by atomic mass is 16.5. The summed E-state index contributed by atoms with van der Waals surface area (Å²) in [5, 5.41) is 3.44. The molecule has 0 saturated carbocycles. The lowest BCUT2D eigenvalue weighted by Crippen LogP contribution is -2.12. The van der Waals surface area contributed by atoms with Crippen LogP contribution in [0.4, 0.5) is 11.4 Å². The van der Waals surface area contributed by atoms with Crippen LogP contribution < -0.4 is 10.2 Å². The molecule has 0 spiro atoms. The van der Waals surface area contributed by atoms with Gasteiger partial charge in [0, 0.05) is 33.9 Å². The summed E-state index contributed by atoms with van der Waals surface area (Å²) in [6.07, 6.45) is 3.66. The van der Waals surface area contributed by atoms with Crippen LogP contribution in [-0.4, -0.2) is 26.2 Å². The maximum atomic E-state index is 5.16.